The molecule has 4 nitrogen and oxygen atoms in total. The molecule has 0 heterocycles. The SMILES string of the molecule is N[C@H](c1cccc([N+](=O)[O-])c1)C1CCCCC1. The summed E-state index contributed by atoms with van der Waals surface area (Å²) < 4.78 is 0. The van der Waals surface area contributed by atoms with Crippen LogP contribution in [0.4, 0.5) is 5.69 Å². The van der Waals surface area contributed by atoms with Crippen molar-refractivity contribution in [2.45, 2.75) is 38.1 Å². The zero-order valence-electron chi connectivity index (χ0n) is 9.84. The number of nitrogens with zero attached hydrogens (tertiary/aromatic N) is 1. The molecule has 0 radical (unpaired) electrons. The average Bonchev–Trinajstić information content (AvgIpc) is 2.39. The van der Waals surface area contributed by atoms with E-state index in [1.807, 2.05) is 6.07 Å². The second kappa shape index (κ2) is 5.27. The molecular formula is C13H18N2O2. The minimum atomic E-state index is -0.364. The van der Waals surface area contributed by atoms with Gasteiger partial charge in [-0.05, 0) is 24.3 Å². The molecule has 1 saturated carbocycles. The van der Waals surface area contributed by atoms with E-state index >= 15 is 0 Å². The highest BCUT2D eigenvalue weighted by Gasteiger charge is 2.22. The highest BCUT2D eigenvalue weighted by Crippen LogP contribution is 2.33. The summed E-state index contributed by atoms with van der Waals surface area (Å²) in [5, 5.41) is 10.7. The molecule has 92 valence electrons. The zero-order chi connectivity index (χ0) is 12.3. The fourth-order valence-electron chi connectivity index (χ4n) is 2.61. The van der Waals surface area contributed by atoms with Crippen LogP contribution in [-0.2, 0) is 0 Å². The van der Waals surface area contributed by atoms with Gasteiger partial charge in [0.1, 0.15) is 0 Å². The molecule has 17 heavy (non-hydrogen) atoms. The Morgan fingerprint density at radius 1 is 1.29 bits per heavy atom. The van der Waals surface area contributed by atoms with Crippen molar-refractivity contribution in [3.8, 4) is 0 Å². The number of nitro benzene ring substituents is 1. The molecule has 0 aliphatic heterocycles. The van der Waals surface area contributed by atoms with E-state index in [-0.39, 0.29) is 16.7 Å². The van der Waals surface area contributed by atoms with Crippen LogP contribution >= 0.6 is 0 Å². The van der Waals surface area contributed by atoms with Gasteiger partial charge in [0.2, 0.25) is 0 Å². The first-order chi connectivity index (χ1) is 8.18. The van der Waals surface area contributed by atoms with Crippen LogP contribution in [-0.4, -0.2) is 4.92 Å². The minimum Gasteiger partial charge on any atom is -0.324 e. The van der Waals surface area contributed by atoms with Crippen molar-refractivity contribution in [3.63, 3.8) is 0 Å². The van der Waals surface area contributed by atoms with E-state index < -0.39 is 0 Å². The molecule has 4 heteroatoms. The van der Waals surface area contributed by atoms with Gasteiger partial charge in [-0.2, -0.15) is 0 Å². The number of hydrogen-bond acceptors (Lipinski definition) is 3. The molecule has 1 aromatic carbocycles. The Balaban J connectivity index is 2.14. The van der Waals surface area contributed by atoms with E-state index in [0.717, 1.165) is 18.4 Å². The van der Waals surface area contributed by atoms with Crippen molar-refractivity contribution in [2.75, 3.05) is 0 Å². The molecule has 0 aromatic heterocycles. The molecule has 1 atom stereocenters. The van der Waals surface area contributed by atoms with Crippen LogP contribution in [0.2, 0.25) is 0 Å². The van der Waals surface area contributed by atoms with Crippen LogP contribution in [0.1, 0.15) is 43.7 Å². The number of nitro groups is 1. The maximum Gasteiger partial charge on any atom is 0.269 e. The first kappa shape index (κ1) is 12.0. The molecule has 2 rings (SSSR count). The van der Waals surface area contributed by atoms with Gasteiger partial charge in [-0.15, -0.1) is 0 Å². The topological polar surface area (TPSA) is 69.2 Å². The maximum atomic E-state index is 10.7. The van der Waals surface area contributed by atoms with E-state index in [1.165, 1.54) is 25.3 Å². The summed E-state index contributed by atoms with van der Waals surface area (Å²) in [5.74, 6) is 0.478. The highest BCUT2D eigenvalue weighted by atomic mass is 16.6. The highest BCUT2D eigenvalue weighted by molar-refractivity contribution is 5.35. The lowest BCUT2D eigenvalue weighted by molar-refractivity contribution is -0.384. The monoisotopic (exact) mass is 234 g/mol. The maximum absolute atomic E-state index is 10.7. The van der Waals surface area contributed by atoms with Crippen LogP contribution in [0.5, 0.6) is 0 Å². The normalized spacial score (nSPS) is 18.9. The Morgan fingerprint density at radius 3 is 2.65 bits per heavy atom. The lowest BCUT2D eigenvalue weighted by atomic mass is 9.81. The molecule has 1 aliphatic rings. The first-order valence-electron chi connectivity index (χ1n) is 6.18. The van der Waals surface area contributed by atoms with Gasteiger partial charge in [0.15, 0.2) is 0 Å². The van der Waals surface area contributed by atoms with Crippen molar-refractivity contribution in [3.05, 3.63) is 39.9 Å². The van der Waals surface area contributed by atoms with Crippen molar-refractivity contribution >= 4 is 5.69 Å². The molecule has 0 saturated heterocycles. The lowest BCUT2D eigenvalue weighted by Gasteiger charge is -2.27. The third-order valence-corrected chi connectivity index (χ3v) is 3.62. The quantitative estimate of drug-likeness (QED) is 0.645. The van der Waals surface area contributed by atoms with Gasteiger partial charge in [-0.3, -0.25) is 10.1 Å². The van der Waals surface area contributed by atoms with Crippen LogP contribution in [0.25, 0.3) is 0 Å². The first-order valence-corrected chi connectivity index (χ1v) is 6.18. The number of non-ortho nitro benzene ring substituents is 1. The van der Waals surface area contributed by atoms with Gasteiger partial charge in [0.05, 0.1) is 4.92 Å². The summed E-state index contributed by atoms with van der Waals surface area (Å²) >= 11 is 0. The number of rotatable bonds is 3. The molecule has 2 N–H and O–H groups in total. The molecular weight excluding hydrogens is 216 g/mol. The zero-order valence-corrected chi connectivity index (χ0v) is 9.84. The fraction of sp³-hybridized carbons (Fsp3) is 0.538. The van der Waals surface area contributed by atoms with Gasteiger partial charge < -0.3 is 5.73 Å². The van der Waals surface area contributed by atoms with Crippen LogP contribution in [0, 0.1) is 16.0 Å². The summed E-state index contributed by atoms with van der Waals surface area (Å²) in [6, 6.07) is 6.67. The number of benzene rings is 1. The Hall–Kier alpha value is -1.42. The Kier molecular flexibility index (Phi) is 3.74. The van der Waals surface area contributed by atoms with E-state index in [0.29, 0.717) is 5.92 Å². The Morgan fingerprint density at radius 2 is 2.00 bits per heavy atom. The number of hydrogen-bond donors (Lipinski definition) is 1. The van der Waals surface area contributed by atoms with Gasteiger partial charge in [-0.1, -0.05) is 31.4 Å². The third-order valence-electron chi connectivity index (χ3n) is 3.62. The summed E-state index contributed by atoms with van der Waals surface area (Å²) in [7, 11) is 0. The predicted octanol–water partition coefficient (Wildman–Crippen LogP) is 3.17. The van der Waals surface area contributed by atoms with Gasteiger partial charge in [-0.25, -0.2) is 0 Å². The number of nitrogens with two attached hydrogens (primary N) is 1. The summed E-state index contributed by atoms with van der Waals surface area (Å²) in [6.45, 7) is 0. The Bertz CT molecular complexity index is 400. The van der Waals surface area contributed by atoms with Crippen LogP contribution in [0.3, 0.4) is 0 Å². The predicted molar refractivity (Wildman–Crippen MR) is 66.6 cm³/mol. The molecule has 1 aliphatic carbocycles. The van der Waals surface area contributed by atoms with E-state index in [1.54, 1.807) is 12.1 Å². The van der Waals surface area contributed by atoms with E-state index in [2.05, 4.69) is 0 Å². The van der Waals surface area contributed by atoms with Crippen molar-refractivity contribution < 1.29 is 4.92 Å². The van der Waals surface area contributed by atoms with Gasteiger partial charge in [0, 0.05) is 18.2 Å². The van der Waals surface area contributed by atoms with Gasteiger partial charge >= 0.3 is 0 Å². The minimum absolute atomic E-state index is 0.0600. The van der Waals surface area contributed by atoms with Crippen molar-refractivity contribution in [2.24, 2.45) is 11.7 Å². The molecule has 0 amide bonds. The molecule has 1 fully saturated rings. The molecule has 0 unspecified atom stereocenters. The second-order valence-corrected chi connectivity index (χ2v) is 4.78. The molecule has 0 bridgehead atoms. The summed E-state index contributed by atoms with van der Waals surface area (Å²) in [4.78, 5) is 10.4. The molecule has 0 spiro atoms. The standard InChI is InChI=1S/C13H18N2O2/c14-13(10-5-2-1-3-6-10)11-7-4-8-12(9-11)15(16)17/h4,7-10,13H,1-3,5-6,14H2/t13-/m0/s1. The summed E-state index contributed by atoms with van der Waals surface area (Å²) in [6.07, 6.45) is 6.03. The second-order valence-electron chi connectivity index (χ2n) is 4.78. The van der Waals surface area contributed by atoms with Crippen LogP contribution < -0.4 is 5.73 Å². The summed E-state index contributed by atoms with van der Waals surface area (Å²) in [5.41, 5.74) is 7.24. The Labute approximate surface area is 101 Å². The van der Waals surface area contributed by atoms with Crippen molar-refractivity contribution in [1.29, 1.82) is 0 Å². The average molecular weight is 234 g/mol. The smallest absolute Gasteiger partial charge is 0.269 e. The third kappa shape index (κ3) is 2.82. The fourth-order valence-corrected chi connectivity index (χ4v) is 2.61. The van der Waals surface area contributed by atoms with Gasteiger partial charge in [0.25, 0.3) is 5.69 Å². The van der Waals surface area contributed by atoms with Crippen LogP contribution in [0.15, 0.2) is 24.3 Å². The lowest BCUT2D eigenvalue weighted by Crippen LogP contribution is -2.23. The largest absolute Gasteiger partial charge is 0.324 e. The van der Waals surface area contributed by atoms with E-state index in [9.17, 15) is 10.1 Å². The van der Waals surface area contributed by atoms with E-state index in [4.69, 9.17) is 5.73 Å². The van der Waals surface area contributed by atoms with Crippen molar-refractivity contribution in [1.82, 2.24) is 0 Å². The molecule has 1 aromatic rings.